The van der Waals surface area contributed by atoms with Crippen LogP contribution in [-0.2, 0) is 5.75 Å². The number of aromatic nitrogens is 1. The molecule has 1 heterocycles. The highest BCUT2D eigenvalue weighted by Gasteiger charge is 2.08. The summed E-state index contributed by atoms with van der Waals surface area (Å²) in [7, 11) is 0. The minimum atomic E-state index is -1.13. The van der Waals surface area contributed by atoms with Crippen molar-refractivity contribution in [1.29, 1.82) is 0 Å². The van der Waals surface area contributed by atoms with Crippen LogP contribution in [0.25, 0.3) is 0 Å². The van der Waals surface area contributed by atoms with Gasteiger partial charge in [-0.3, -0.25) is 0 Å². The Kier molecular flexibility index (Phi) is 4.55. The van der Waals surface area contributed by atoms with E-state index in [9.17, 15) is 9.18 Å². The minimum Gasteiger partial charge on any atom is -0.478 e. The fourth-order valence-electron chi connectivity index (χ4n) is 1.40. The van der Waals surface area contributed by atoms with Crippen molar-refractivity contribution in [2.24, 2.45) is 0 Å². The van der Waals surface area contributed by atoms with Gasteiger partial charge in [-0.2, -0.15) is 0 Å². The van der Waals surface area contributed by atoms with Crippen molar-refractivity contribution in [3.63, 3.8) is 0 Å². The molecule has 1 N–H and O–H groups in total. The Balaban J connectivity index is 2.07. The fourth-order valence-corrected chi connectivity index (χ4v) is 2.46. The molecule has 0 unspecified atom stereocenters. The van der Waals surface area contributed by atoms with Crippen molar-refractivity contribution < 1.29 is 14.3 Å². The highest BCUT2D eigenvalue weighted by molar-refractivity contribution is 9.10. The van der Waals surface area contributed by atoms with Gasteiger partial charge in [-0.15, -0.1) is 11.8 Å². The lowest BCUT2D eigenvalue weighted by Crippen LogP contribution is -1.98. The van der Waals surface area contributed by atoms with E-state index in [4.69, 9.17) is 5.11 Å². The zero-order valence-electron chi connectivity index (χ0n) is 9.64. The number of hydrogen-bond donors (Lipinski definition) is 1. The lowest BCUT2D eigenvalue weighted by molar-refractivity contribution is 0.0696. The first-order chi connectivity index (χ1) is 9.06. The topological polar surface area (TPSA) is 50.2 Å². The summed E-state index contributed by atoms with van der Waals surface area (Å²) in [6.45, 7) is 0. The number of carboxylic acid groups (broad SMARTS) is 1. The van der Waals surface area contributed by atoms with Gasteiger partial charge in [-0.1, -0.05) is 6.07 Å². The molecule has 1 aromatic carbocycles. The molecule has 0 radical (unpaired) electrons. The molecule has 0 atom stereocenters. The van der Waals surface area contributed by atoms with Gasteiger partial charge in [-0.05, 0) is 45.8 Å². The van der Waals surface area contributed by atoms with Crippen molar-refractivity contribution in [3.8, 4) is 0 Å². The van der Waals surface area contributed by atoms with E-state index < -0.39 is 11.8 Å². The maximum Gasteiger partial charge on any atom is 0.335 e. The molecule has 19 heavy (non-hydrogen) atoms. The summed E-state index contributed by atoms with van der Waals surface area (Å²) in [4.78, 5) is 14.9. The molecular weight excluding hydrogens is 333 g/mol. The van der Waals surface area contributed by atoms with E-state index in [1.165, 1.54) is 23.9 Å². The molecule has 0 spiro atoms. The second-order valence-corrected chi connectivity index (χ2v) is 5.63. The van der Waals surface area contributed by atoms with Gasteiger partial charge in [-0.25, -0.2) is 14.2 Å². The molecule has 2 aromatic rings. The van der Waals surface area contributed by atoms with E-state index in [1.54, 1.807) is 6.20 Å². The van der Waals surface area contributed by atoms with Gasteiger partial charge in [0.05, 0.1) is 10.6 Å². The number of carbonyl (C=O) groups is 1. The maximum absolute atomic E-state index is 13.7. The van der Waals surface area contributed by atoms with Gasteiger partial charge < -0.3 is 5.11 Å². The molecule has 0 aliphatic rings. The molecule has 98 valence electrons. The molecule has 0 amide bonds. The van der Waals surface area contributed by atoms with E-state index in [2.05, 4.69) is 20.9 Å². The van der Waals surface area contributed by atoms with Crippen LogP contribution in [0.3, 0.4) is 0 Å². The Bertz CT molecular complexity index is 604. The Morgan fingerprint density at radius 1 is 1.37 bits per heavy atom. The summed E-state index contributed by atoms with van der Waals surface area (Å²) < 4.78 is 14.6. The first-order valence-corrected chi connectivity index (χ1v) is 7.10. The number of hydrogen-bond acceptors (Lipinski definition) is 3. The SMILES string of the molecule is O=C(O)c1ccc(CSc2ccc(Br)cn2)c(F)c1. The third kappa shape index (κ3) is 3.78. The monoisotopic (exact) mass is 341 g/mol. The standard InChI is InChI=1S/C13H9BrFNO2S/c14-10-3-4-12(16-6-10)19-7-9-2-1-8(13(17)18)5-11(9)15/h1-6H,7H2,(H,17,18). The average molecular weight is 342 g/mol. The van der Waals surface area contributed by atoms with Crippen LogP contribution in [0.4, 0.5) is 4.39 Å². The van der Waals surface area contributed by atoms with E-state index in [0.717, 1.165) is 15.6 Å². The lowest BCUT2D eigenvalue weighted by atomic mass is 10.1. The molecule has 3 nitrogen and oxygen atoms in total. The predicted octanol–water partition coefficient (Wildman–Crippen LogP) is 3.97. The number of rotatable bonds is 4. The van der Waals surface area contributed by atoms with E-state index >= 15 is 0 Å². The fraction of sp³-hybridized carbons (Fsp3) is 0.0769. The van der Waals surface area contributed by atoms with Crippen molar-refractivity contribution >= 4 is 33.7 Å². The summed E-state index contributed by atoms with van der Waals surface area (Å²) in [6, 6.07) is 7.62. The van der Waals surface area contributed by atoms with Crippen LogP contribution in [0.1, 0.15) is 15.9 Å². The number of thioether (sulfide) groups is 1. The van der Waals surface area contributed by atoms with E-state index in [0.29, 0.717) is 11.3 Å². The Morgan fingerprint density at radius 3 is 2.74 bits per heavy atom. The number of benzene rings is 1. The lowest BCUT2D eigenvalue weighted by Gasteiger charge is -2.04. The largest absolute Gasteiger partial charge is 0.478 e. The molecule has 0 aliphatic carbocycles. The molecule has 2 rings (SSSR count). The summed E-state index contributed by atoms with van der Waals surface area (Å²) in [5, 5.41) is 9.53. The zero-order chi connectivity index (χ0) is 13.8. The Hall–Kier alpha value is -1.40. The van der Waals surface area contributed by atoms with E-state index in [-0.39, 0.29) is 5.56 Å². The second-order valence-electron chi connectivity index (χ2n) is 3.71. The third-order valence-electron chi connectivity index (χ3n) is 2.38. The summed E-state index contributed by atoms with van der Waals surface area (Å²) in [5.41, 5.74) is 0.410. The number of aromatic carboxylic acids is 1. The number of halogens is 2. The van der Waals surface area contributed by atoms with Gasteiger partial charge >= 0.3 is 5.97 Å². The first-order valence-electron chi connectivity index (χ1n) is 5.32. The molecule has 0 aliphatic heterocycles. The van der Waals surface area contributed by atoms with E-state index in [1.807, 2.05) is 12.1 Å². The number of nitrogens with zero attached hydrogens (tertiary/aromatic N) is 1. The van der Waals surface area contributed by atoms with Gasteiger partial charge in [0.25, 0.3) is 0 Å². The van der Waals surface area contributed by atoms with Crippen LogP contribution in [0.15, 0.2) is 46.0 Å². The summed E-state index contributed by atoms with van der Waals surface area (Å²) in [6.07, 6.45) is 1.67. The second kappa shape index (κ2) is 6.16. The van der Waals surface area contributed by atoms with Crippen molar-refractivity contribution in [3.05, 3.63) is 57.9 Å². The van der Waals surface area contributed by atoms with Crippen LogP contribution in [0, 0.1) is 5.82 Å². The van der Waals surface area contributed by atoms with Gasteiger partial charge in [0, 0.05) is 16.4 Å². The highest BCUT2D eigenvalue weighted by Crippen LogP contribution is 2.23. The Morgan fingerprint density at radius 2 is 2.16 bits per heavy atom. The Labute approximate surface area is 122 Å². The van der Waals surface area contributed by atoms with Crippen molar-refractivity contribution in [1.82, 2.24) is 4.98 Å². The molecular formula is C13H9BrFNO2S. The minimum absolute atomic E-state index is 0.0481. The smallest absolute Gasteiger partial charge is 0.335 e. The zero-order valence-corrected chi connectivity index (χ0v) is 12.0. The molecule has 6 heteroatoms. The average Bonchev–Trinajstić information content (AvgIpc) is 2.39. The van der Waals surface area contributed by atoms with Crippen LogP contribution < -0.4 is 0 Å². The van der Waals surface area contributed by atoms with Gasteiger partial charge in [0.2, 0.25) is 0 Å². The summed E-state index contributed by atoms with van der Waals surface area (Å²) in [5.74, 6) is -1.24. The van der Waals surface area contributed by atoms with Crippen LogP contribution >= 0.6 is 27.7 Å². The van der Waals surface area contributed by atoms with Crippen LogP contribution in [0.5, 0.6) is 0 Å². The molecule has 0 fully saturated rings. The third-order valence-corrected chi connectivity index (χ3v) is 3.84. The molecule has 0 saturated heterocycles. The van der Waals surface area contributed by atoms with Crippen LogP contribution in [-0.4, -0.2) is 16.1 Å². The predicted molar refractivity (Wildman–Crippen MR) is 74.9 cm³/mol. The molecule has 0 saturated carbocycles. The molecule has 1 aromatic heterocycles. The molecule has 0 bridgehead atoms. The quantitative estimate of drug-likeness (QED) is 0.854. The van der Waals surface area contributed by atoms with Crippen LogP contribution in [0.2, 0.25) is 0 Å². The van der Waals surface area contributed by atoms with Crippen molar-refractivity contribution in [2.45, 2.75) is 10.8 Å². The highest BCUT2D eigenvalue weighted by atomic mass is 79.9. The normalized spacial score (nSPS) is 10.4. The van der Waals surface area contributed by atoms with Gasteiger partial charge in [0.1, 0.15) is 5.82 Å². The van der Waals surface area contributed by atoms with Crippen molar-refractivity contribution in [2.75, 3.05) is 0 Å². The number of carboxylic acids is 1. The number of pyridine rings is 1. The summed E-state index contributed by atoms with van der Waals surface area (Å²) >= 11 is 4.68. The van der Waals surface area contributed by atoms with Gasteiger partial charge in [0.15, 0.2) is 0 Å². The maximum atomic E-state index is 13.7. The first kappa shape index (κ1) is 14.0.